The highest BCUT2D eigenvalue weighted by Gasteiger charge is 2.23. The van der Waals surface area contributed by atoms with Crippen LogP contribution < -0.4 is 4.90 Å². The first-order chi connectivity index (χ1) is 14.7. The average Bonchev–Trinajstić information content (AvgIpc) is 3.19. The Morgan fingerprint density at radius 2 is 2.07 bits per heavy atom. The second-order valence-electron chi connectivity index (χ2n) is 7.07. The van der Waals surface area contributed by atoms with Crippen molar-refractivity contribution in [2.45, 2.75) is 11.3 Å². The molecular formula is C22H24BrN3O2S2. The van der Waals surface area contributed by atoms with E-state index in [-0.39, 0.29) is 5.91 Å². The average molecular weight is 506 g/mol. The number of halogens is 1. The molecule has 1 saturated heterocycles. The number of amides is 1. The Morgan fingerprint density at radius 3 is 2.87 bits per heavy atom. The predicted molar refractivity (Wildman–Crippen MR) is 129 cm³/mol. The Hall–Kier alpha value is -1.45. The molecule has 1 fully saturated rings. The topological polar surface area (TPSA) is 45.7 Å². The van der Waals surface area contributed by atoms with Crippen molar-refractivity contribution in [2.24, 2.45) is 0 Å². The normalized spacial score (nSPS) is 14.9. The number of nitrogens with zero attached hydrogens (tertiary/aromatic N) is 3. The summed E-state index contributed by atoms with van der Waals surface area (Å²) in [6.45, 7) is 5.08. The number of anilines is 1. The van der Waals surface area contributed by atoms with Gasteiger partial charge in [0.2, 0.25) is 0 Å². The summed E-state index contributed by atoms with van der Waals surface area (Å²) in [7, 11) is 0. The zero-order valence-electron chi connectivity index (χ0n) is 16.8. The highest BCUT2D eigenvalue weighted by molar-refractivity contribution is 9.10. The zero-order valence-corrected chi connectivity index (χ0v) is 20.1. The molecule has 0 bridgehead atoms. The molecular weight excluding hydrogens is 482 g/mol. The maximum Gasteiger partial charge on any atom is 0.261 e. The van der Waals surface area contributed by atoms with Gasteiger partial charge in [0.25, 0.3) is 5.91 Å². The number of rotatable bonds is 7. The van der Waals surface area contributed by atoms with E-state index < -0.39 is 0 Å². The smallest absolute Gasteiger partial charge is 0.261 e. The fraction of sp³-hybridized carbons (Fsp3) is 0.364. The van der Waals surface area contributed by atoms with E-state index >= 15 is 0 Å². The first-order valence-corrected chi connectivity index (χ1v) is 12.8. The molecule has 30 heavy (non-hydrogen) atoms. The van der Waals surface area contributed by atoms with Gasteiger partial charge < -0.3 is 4.74 Å². The van der Waals surface area contributed by atoms with E-state index in [9.17, 15) is 4.79 Å². The highest BCUT2D eigenvalue weighted by Crippen LogP contribution is 2.32. The second kappa shape index (κ2) is 10.2. The van der Waals surface area contributed by atoms with Crippen LogP contribution >= 0.6 is 39.0 Å². The van der Waals surface area contributed by atoms with Crippen molar-refractivity contribution in [3.05, 3.63) is 52.5 Å². The van der Waals surface area contributed by atoms with Crippen LogP contribution in [0, 0.1) is 0 Å². The molecule has 4 rings (SSSR count). The van der Waals surface area contributed by atoms with Gasteiger partial charge in [0.1, 0.15) is 0 Å². The standard InChI is InChI=1S/C22H24BrN3O2S2/c1-29-19-6-3-2-5-17(19)21(27)26(10-4-9-25-11-13-28-14-12-25)22-24-18-8-7-16(23)15-20(18)30-22/h2-3,5-8,15H,4,9-14H2,1H3. The van der Waals surface area contributed by atoms with Crippen LogP contribution in [-0.4, -0.2) is 61.4 Å². The third-order valence-electron chi connectivity index (χ3n) is 5.11. The fourth-order valence-electron chi connectivity index (χ4n) is 3.53. The Bertz CT molecular complexity index is 1020. The predicted octanol–water partition coefficient (Wildman–Crippen LogP) is 5.15. The summed E-state index contributed by atoms with van der Waals surface area (Å²) in [6, 6.07) is 13.8. The maximum absolute atomic E-state index is 13.6. The van der Waals surface area contributed by atoms with Gasteiger partial charge >= 0.3 is 0 Å². The minimum atomic E-state index is 0.0139. The lowest BCUT2D eigenvalue weighted by Gasteiger charge is -2.28. The van der Waals surface area contributed by atoms with Crippen molar-refractivity contribution >= 4 is 60.3 Å². The molecule has 0 spiro atoms. The van der Waals surface area contributed by atoms with E-state index in [2.05, 4.69) is 26.9 Å². The van der Waals surface area contributed by atoms with Gasteiger partial charge in [0.15, 0.2) is 5.13 Å². The SMILES string of the molecule is CSc1ccccc1C(=O)N(CCCN1CCOCC1)c1nc2ccc(Br)cc2s1. The Labute approximate surface area is 193 Å². The van der Waals surface area contributed by atoms with E-state index in [4.69, 9.17) is 9.72 Å². The van der Waals surface area contributed by atoms with Crippen LogP contribution in [0.2, 0.25) is 0 Å². The number of fused-ring (bicyclic) bond motifs is 1. The van der Waals surface area contributed by atoms with Gasteiger partial charge in [0, 0.05) is 35.5 Å². The monoisotopic (exact) mass is 505 g/mol. The van der Waals surface area contributed by atoms with Crippen molar-refractivity contribution in [1.82, 2.24) is 9.88 Å². The lowest BCUT2D eigenvalue weighted by Crippen LogP contribution is -2.39. The second-order valence-corrected chi connectivity index (χ2v) is 9.85. The van der Waals surface area contributed by atoms with Crippen LogP contribution in [-0.2, 0) is 4.74 Å². The number of carbonyl (C=O) groups is 1. The molecule has 158 valence electrons. The van der Waals surface area contributed by atoms with Crippen LogP contribution in [0.25, 0.3) is 10.2 Å². The van der Waals surface area contributed by atoms with Crippen LogP contribution in [0.3, 0.4) is 0 Å². The van der Waals surface area contributed by atoms with Gasteiger partial charge in [-0.3, -0.25) is 14.6 Å². The summed E-state index contributed by atoms with van der Waals surface area (Å²) in [5.74, 6) is 0.0139. The number of thioether (sulfide) groups is 1. The van der Waals surface area contributed by atoms with Crippen LogP contribution in [0.15, 0.2) is 51.8 Å². The van der Waals surface area contributed by atoms with Gasteiger partial charge in [-0.25, -0.2) is 4.98 Å². The minimum Gasteiger partial charge on any atom is -0.379 e. The molecule has 0 unspecified atom stereocenters. The Kier molecular flexibility index (Phi) is 7.43. The summed E-state index contributed by atoms with van der Waals surface area (Å²) in [4.78, 5) is 23.6. The van der Waals surface area contributed by atoms with E-state index in [1.165, 1.54) is 0 Å². The number of hydrogen-bond acceptors (Lipinski definition) is 6. The maximum atomic E-state index is 13.6. The molecule has 1 amide bonds. The third-order valence-corrected chi connectivity index (χ3v) is 7.44. The molecule has 3 aromatic rings. The number of hydrogen-bond donors (Lipinski definition) is 0. The summed E-state index contributed by atoms with van der Waals surface area (Å²) >= 11 is 6.69. The number of carbonyl (C=O) groups excluding carboxylic acids is 1. The molecule has 0 saturated carbocycles. The van der Waals surface area contributed by atoms with Crippen molar-refractivity contribution in [3.63, 3.8) is 0 Å². The van der Waals surface area contributed by atoms with Gasteiger partial charge in [-0.1, -0.05) is 39.4 Å². The third kappa shape index (κ3) is 5.06. The lowest BCUT2D eigenvalue weighted by atomic mass is 10.2. The quantitative estimate of drug-likeness (QED) is 0.415. The van der Waals surface area contributed by atoms with Gasteiger partial charge in [-0.2, -0.15) is 0 Å². The molecule has 2 heterocycles. The van der Waals surface area contributed by atoms with Crippen LogP contribution in [0.4, 0.5) is 5.13 Å². The molecule has 8 heteroatoms. The Balaban J connectivity index is 1.60. The van der Waals surface area contributed by atoms with Crippen molar-refractivity contribution in [2.75, 3.05) is 50.5 Å². The fourth-order valence-corrected chi connectivity index (χ4v) is 5.66. The van der Waals surface area contributed by atoms with Crippen molar-refractivity contribution in [3.8, 4) is 0 Å². The summed E-state index contributed by atoms with van der Waals surface area (Å²) in [5, 5.41) is 0.756. The van der Waals surface area contributed by atoms with E-state index in [0.29, 0.717) is 6.54 Å². The van der Waals surface area contributed by atoms with Crippen LogP contribution in [0.1, 0.15) is 16.8 Å². The molecule has 5 nitrogen and oxygen atoms in total. The van der Waals surface area contributed by atoms with Crippen LogP contribution in [0.5, 0.6) is 0 Å². The molecule has 2 aromatic carbocycles. The molecule has 1 aliphatic rings. The molecule has 0 N–H and O–H groups in total. The van der Waals surface area contributed by atoms with E-state index in [1.807, 2.05) is 47.6 Å². The molecule has 0 aliphatic carbocycles. The van der Waals surface area contributed by atoms with Crippen molar-refractivity contribution in [1.29, 1.82) is 0 Å². The summed E-state index contributed by atoms with van der Waals surface area (Å²) < 4.78 is 7.53. The summed E-state index contributed by atoms with van der Waals surface area (Å²) in [6.07, 6.45) is 2.90. The lowest BCUT2D eigenvalue weighted by molar-refractivity contribution is 0.0376. The van der Waals surface area contributed by atoms with E-state index in [1.54, 1.807) is 23.1 Å². The number of morpholine rings is 1. The number of aromatic nitrogens is 1. The Morgan fingerprint density at radius 1 is 1.27 bits per heavy atom. The largest absolute Gasteiger partial charge is 0.379 e. The molecule has 1 aliphatic heterocycles. The van der Waals surface area contributed by atoms with Gasteiger partial charge in [0.05, 0.1) is 29.0 Å². The first-order valence-electron chi connectivity index (χ1n) is 9.97. The minimum absolute atomic E-state index is 0.0139. The number of thiazole rings is 1. The van der Waals surface area contributed by atoms with Gasteiger partial charge in [-0.05, 0) is 43.0 Å². The molecule has 1 aromatic heterocycles. The summed E-state index contributed by atoms with van der Waals surface area (Å²) in [5.41, 5.74) is 1.65. The molecule has 0 atom stereocenters. The van der Waals surface area contributed by atoms with E-state index in [0.717, 1.165) is 69.5 Å². The zero-order chi connectivity index (χ0) is 20.9. The van der Waals surface area contributed by atoms with Crippen molar-refractivity contribution < 1.29 is 9.53 Å². The molecule has 0 radical (unpaired) electrons. The van der Waals surface area contributed by atoms with Gasteiger partial charge in [-0.15, -0.1) is 11.8 Å². The number of benzene rings is 2. The first kappa shape index (κ1) is 21.8. The number of ether oxygens (including phenoxy) is 1. The highest BCUT2D eigenvalue weighted by atomic mass is 79.9.